The molecule has 32 heavy (non-hydrogen) atoms. The first-order chi connectivity index (χ1) is 15.4. The second-order valence-electron chi connectivity index (χ2n) is 7.24. The van der Waals surface area contributed by atoms with Gasteiger partial charge >= 0.3 is 0 Å². The molecular formula is C22H22N2O6S2. The van der Waals surface area contributed by atoms with Crippen LogP contribution in [0.3, 0.4) is 0 Å². The van der Waals surface area contributed by atoms with Crippen molar-refractivity contribution >= 4 is 39.0 Å². The van der Waals surface area contributed by atoms with Crippen LogP contribution in [0.5, 0.6) is 11.5 Å². The van der Waals surface area contributed by atoms with Gasteiger partial charge < -0.3 is 9.47 Å². The van der Waals surface area contributed by atoms with Crippen molar-refractivity contribution in [3.63, 3.8) is 0 Å². The zero-order valence-electron chi connectivity index (χ0n) is 17.4. The van der Waals surface area contributed by atoms with Gasteiger partial charge in [-0.25, -0.2) is 13.1 Å². The molecule has 0 atom stereocenters. The third-order valence-electron chi connectivity index (χ3n) is 4.97. The maximum absolute atomic E-state index is 12.7. The molecule has 168 valence electrons. The van der Waals surface area contributed by atoms with Gasteiger partial charge in [-0.1, -0.05) is 31.5 Å². The van der Waals surface area contributed by atoms with E-state index in [0.29, 0.717) is 17.1 Å². The quantitative estimate of drug-likeness (QED) is 0.585. The number of carbonyl (C=O) groups excluding carboxylic acids is 2. The van der Waals surface area contributed by atoms with Crippen molar-refractivity contribution in [1.82, 2.24) is 9.62 Å². The van der Waals surface area contributed by atoms with Gasteiger partial charge in [0.15, 0.2) is 11.5 Å². The van der Waals surface area contributed by atoms with E-state index in [-0.39, 0.29) is 29.7 Å². The Balaban J connectivity index is 1.37. The van der Waals surface area contributed by atoms with Crippen LogP contribution in [0.1, 0.15) is 24.5 Å². The van der Waals surface area contributed by atoms with E-state index >= 15 is 0 Å². The number of nitrogens with one attached hydrogen (secondary N) is 1. The maximum atomic E-state index is 12.7. The van der Waals surface area contributed by atoms with Crippen molar-refractivity contribution in [2.75, 3.05) is 19.9 Å². The standard InChI is InChI=1S/C22H22N2O6S2/c1-2-3-15-4-7-17(8-5-15)32(27,28)23-10-11-24-21(25)20(31-22(24)26)13-16-6-9-18-19(12-16)30-14-29-18/h4-9,12-13,23H,2-3,10-11,14H2,1H3/b20-13+. The largest absolute Gasteiger partial charge is 0.454 e. The molecule has 1 fully saturated rings. The number of fused-ring (bicyclic) bond motifs is 1. The SMILES string of the molecule is CCCc1ccc(S(=O)(=O)NCCN2C(=O)S/C(=C/c3ccc4c(c3)OCO4)C2=O)cc1. The molecule has 2 heterocycles. The van der Waals surface area contributed by atoms with E-state index in [1.165, 1.54) is 0 Å². The Morgan fingerprint density at radius 3 is 2.59 bits per heavy atom. The molecule has 10 heteroatoms. The zero-order valence-corrected chi connectivity index (χ0v) is 19.0. The van der Waals surface area contributed by atoms with Crippen LogP contribution in [0.15, 0.2) is 52.3 Å². The fourth-order valence-corrected chi connectivity index (χ4v) is 5.23. The number of aryl methyl sites for hydroxylation is 1. The van der Waals surface area contributed by atoms with Gasteiger partial charge in [-0.05, 0) is 59.7 Å². The first-order valence-electron chi connectivity index (χ1n) is 10.1. The van der Waals surface area contributed by atoms with Gasteiger partial charge in [0, 0.05) is 13.1 Å². The van der Waals surface area contributed by atoms with E-state index in [2.05, 4.69) is 11.6 Å². The number of thioether (sulfide) groups is 1. The molecule has 0 spiro atoms. The molecule has 0 saturated carbocycles. The number of rotatable bonds is 8. The predicted octanol–water partition coefficient (Wildman–Crippen LogP) is 3.38. The predicted molar refractivity (Wildman–Crippen MR) is 121 cm³/mol. The summed E-state index contributed by atoms with van der Waals surface area (Å²) in [5.41, 5.74) is 1.77. The summed E-state index contributed by atoms with van der Waals surface area (Å²) in [7, 11) is -3.73. The number of carbonyl (C=O) groups is 2. The van der Waals surface area contributed by atoms with E-state index in [1.807, 2.05) is 0 Å². The Morgan fingerprint density at radius 1 is 1.09 bits per heavy atom. The van der Waals surface area contributed by atoms with Crippen molar-refractivity contribution in [2.45, 2.75) is 24.7 Å². The van der Waals surface area contributed by atoms with Gasteiger partial charge in [0.1, 0.15) is 0 Å². The summed E-state index contributed by atoms with van der Waals surface area (Å²) < 4.78 is 38.0. The topological polar surface area (TPSA) is 102 Å². The summed E-state index contributed by atoms with van der Waals surface area (Å²) in [6.07, 6.45) is 3.47. The molecule has 2 amide bonds. The average molecular weight is 475 g/mol. The van der Waals surface area contributed by atoms with Crippen molar-refractivity contribution < 1.29 is 27.5 Å². The fraction of sp³-hybridized carbons (Fsp3) is 0.273. The van der Waals surface area contributed by atoms with Gasteiger partial charge in [-0.3, -0.25) is 14.5 Å². The summed E-state index contributed by atoms with van der Waals surface area (Å²) in [6, 6.07) is 11.9. The first-order valence-corrected chi connectivity index (χ1v) is 12.4. The van der Waals surface area contributed by atoms with E-state index in [0.717, 1.165) is 35.1 Å². The van der Waals surface area contributed by atoms with Crippen molar-refractivity contribution in [1.29, 1.82) is 0 Å². The molecule has 4 rings (SSSR count). The molecule has 1 saturated heterocycles. The maximum Gasteiger partial charge on any atom is 0.293 e. The smallest absolute Gasteiger partial charge is 0.293 e. The van der Waals surface area contributed by atoms with Crippen LogP contribution >= 0.6 is 11.8 Å². The third kappa shape index (κ3) is 4.82. The van der Waals surface area contributed by atoms with Crippen LogP contribution in [0.4, 0.5) is 4.79 Å². The lowest BCUT2D eigenvalue weighted by molar-refractivity contribution is -0.122. The number of sulfonamides is 1. The monoisotopic (exact) mass is 474 g/mol. The molecule has 1 N–H and O–H groups in total. The Hall–Kier alpha value is -2.82. The molecule has 0 aromatic heterocycles. The molecule has 0 aliphatic carbocycles. The summed E-state index contributed by atoms with van der Waals surface area (Å²) in [5.74, 6) is 0.749. The number of hydrogen-bond donors (Lipinski definition) is 1. The minimum Gasteiger partial charge on any atom is -0.454 e. The van der Waals surface area contributed by atoms with Crippen LogP contribution in [0, 0.1) is 0 Å². The number of hydrogen-bond acceptors (Lipinski definition) is 7. The van der Waals surface area contributed by atoms with Crippen LogP contribution in [-0.2, 0) is 21.2 Å². The number of nitrogens with zero attached hydrogens (tertiary/aromatic N) is 1. The number of benzene rings is 2. The summed E-state index contributed by atoms with van der Waals surface area (Å²) in [4.78, 5) is 26.4. The minimum absolute atomic E-state index is 0.0592. The molecule has 2 aliphatic heterocycles. The van der Waals surface area contributed by atoms with Crippen LogP contribution in [0.25, 0.3) is 6.08 Å². The van der Waals surface area contributed by atoms with Crippen molar-refractivity contribution in [3.8, 4) is 11.5 Å². The molecule has 2 aromatic carbocycles. The minimum atomic E-state index is -3.73. The molecule has 0 radical (unpaired) electrons. The highest BCUT2D eigenvalue weighted by molar-refractivity contribution is 8.18. The van der Waals surface area contributed by atoms with Gasteiger partial charge in [0.25, 0.3) is 11.1 Å². The van der Waals surface area contributed by atoms with Crippen LogP contribution in [-0.4, -0.2) is 44.3 Å². The Labute approximate surface area is 190 Å². The van der Waals surface area contributed by atoms with Gasteiger partial charge in [0.2, 0.25) is 16.8 Å². The number of imide groups is 1. The highest BCUT2D eigenvalue weighted by Crippen LogP contribution is 2.36. The van der Waals surface area contributed by atoms with E-state index in [9.17, 15) is 18.0 Å². The van der Waals surface area contributed by atoms with Gasteiger partial charge in [0.05, 0.1) is 9.80 Å². The summed E-state index contributed by atoms with van der Waals surface area (Å²) in [6.45, 7) is 2.07. The van der Waals surface area contributed by atoms with Crippen molar-refractivity contribution in [2.24, 2.45) is 0 Å². The number of amides is 2. The second-order valence-corrected chi connectivity index (χ2v) is 10.00. The van der Waals surface area contributed by atoms with Gasteiger partial charge in [-0.15, -0.1) is 0 Å². The molecule has 2 aliphatic rings. The molecular weight excluding hydrogens is 452 g/mol. The Morgan fingerprint density at radius 2 is 1.84 bits per heavy atom. The van der Waals surface area contributed by atoms with Crippen LogP contribution < -0.4 is 14.2 Å². The second kappa shape index (κ2) is 9.35. The van der Waals surface area contributed by atoms with Gasteiger partial charge in [-0.2, -0.15) is 0 Å². The molecule has 8 nitrogen and oxygen atoms in total. The zero-order chi connectivity index (χ0) is 22.7. The number of ether oxygens (including phenoxy) is 2. The highest BCUT2D eigenvalue weighted by Gasteiger charge is 2.35. The van der Waals surface area contributed by atoms with E-state index < -0.39 is 21.2 Å². The highest BCUT2D eigenvalue weighted by atomic mass is 32.2. The Bertz CT molecular complexity index is 1180. The molecule has 0 unspecified atom stereocenters. The van der Waals surface area contributed by atoms with E-state index in [1.54, 1.807) is 48.5 Å². The fourth-order valence-electron chi connectivity index (χ4n) is 3.35. The molecule has 0 bridgehead atoms. The summed E-state index contributed by atoms with van der Waals surface area (Å²) >= 11 is 0.820. The average Bonchev–Trinajstić information content (AvgIpc) is 3.34. The lowest BCUT2D eigenvalue weighted by Gasteiger charge is -2.13. The third-order valence-corrected chi connectivity index (χ3v) is 7.35. The first kappa shape index (κ1) is 22.4. The molecule has 2 aromatic rings. The van der Waals surface area contributed by atoms with E-state index in [4.69, 9.17) is 9.47 Å². The lowest BCUT2D eigenvalue weighted by Crippen LogP contribution is -2.37. The Kier molecular flexibility index (Phi) is 6.54. The normalized spacial score (nSPS) is 16.9. The van der Waals surface area contributed by atoms with Crippen LogP contribution in [0.2, 0.25) is 0 Å². The lowest BCUT2D eigenvalue weighted by atomic mass is 10.1. The summed E-state index contributed by atoms with van der Waals surface area (Å²) in [5, 5.41) is -0.440. The van der Waals surface area contributed by atoms with Crippen molar-refractivity contribution in [3.05, 3.63) is 58.5 Å².